The van der Waals surface area contributed by atoms with Crippen molar-refractivity contribution in [1.82, 2.24) is 29.9 Å². The highest BCUT2D eigenvalue weighted by Crippen LogP contribution is 2.39. The fraction of sp³-hybridized carbons (Fsp3) is 0.444. The van der Waals surface area contributed by atoms with Crippen LogP contribution in [-0.4, -0.2) is 37.2 Å². The summed E-state index contributed by atoms with van der Waals surface area (Å²) in [4.78, 5) is 13.3. The Labute approximate surface area is 195 Å². The van der Waals surface area contributed by atoms with E-state index in [1.165, 1.54) is 16.8 Å². The Morgan fingerprint density at radius 1 is 1.18 bits per heavy atom. The number of aromatic nitrogens is 5. The van der Waals surface area contributed by atoms with E-state index in [9.17, 15) is 0 Å². The number of pyridine rings is 2. The number of nitrogens with zero attached hydrogens (tertiary/aromatic N) is 4. The number of fused-ring (bicyclic) bond motifs is 2. The lowest BCUT2D eigenvalue weighted by molar-refractivity contribution is 0.349. The zero-order chi connectivity index (χ0) is 23.1. The largest absolute Gasteiger partial charge is 0.353 e. The summed E-state index contributed by atoms with van der Waals surface area (Å²) in [6.45, 7) is 9.44. The van der Waals surface area contributed by atoms with Crippen molar-refractivity contribution in [1.29, 1.82) is 0 Å². The molecule has 4 aromatic heterocycles. The fourth-order valence-corrected chi connectivity index (χ4v) is 5.35. The second-order valence-corrected chi connectivity index (χ2v) is 9.66. The first-order valence-corrected chi connectivity index (χ1v) is 12.0. The topological polar surface area (TPSA) is 70.9 Å². The molecule has 0 aliphatic heterocycles. The summed E-state index contributed by atoms with van der Waals surface area (Å²) in [7, 11) is 0. The smallest absolute Gasteiger partial charge is 0.158 e. The third-order valence-electron chi connectivity index (χ3n) is 7.31. The van der Waals surface area contributed by atoms with Gasteiger partial charge in [-0.3, -0.25) is 4.98 Å². The molecule has 0 amide bonds. The van der Waals surface area contributed by atoms with Crippen LogP contribution in [-0.2, 0) is 0 Å². The van der Waals surface area contributed by atoms with Crippen molar-refractivity contribution in [3.05, 3.63) is 47.0 Å². The number of nitrogens with one attached hydrogen (secondary N) is 2. The van der Waals surface area contributed by atoms with Crippen molar-refractivity contribution < 1.29 is 0 Å². The quantitative estimate of drug-likeness (QED) is 0.415. The van der Waals surface area contributed by atoms with Crippen LogP contribution in [0.25, 0.3) is 27.9 Å². The Morgan fingerprint density at radius 3 is 2.70 bits per heavy atom. The van der Waals surface area contributed by atoms with Crippen LogP contribution in [0.5, 0.6) is 0 Å². The second-order valence-electron chi connectivity index (χ2n) is 9.66. The van der Waals surface area contributed by atoms with Crippen LogP contribution in [0.15, 0.2) is 24.7 Å². The molecule has 1 aliphatic carbocycles. The molecule has 0 bridgehead atoms. The molecule has 0 aromatic carbocycles. The molecule has 33 heavy (non-hydrogen) atoms. The van der Waals surface area contributed by atoms with Gasteiger partial charge in [-0.05, 0) is 68.7 Å². The predicted octanol–water partition coefficient (Wildman–Crippen LogP) is 5.26. The Bertz CT molecular complexity index is 1340. The van der Waals surface area contributed by atoms with Crippen LogP contribution < -0.4 is 5.32 Å². The van der Waals surface area contributed by atoms with Crippen molar-refractivity contribution in [2.24, 2.45) is 0 Å². The van der Waals surface area contributed by atoms with Crippen LogP contribution in [0.1, 0.15) is 73.8 Å². The summed E-state index contributed by atoms with van der Waals surface area (Å²) in [5, 5.41) is 7.86. The highest BCUT2D eigenvalue weighted by atomic mass is 15.3. The van der Waals surface area contributed by atoms with Gasteiger partial charge in [0.15, 0.2) is 5.65 Å². The predicted molar refractivity (Wildman–Crippen MR) is 133 cm³/mol. The van der Waals surface area contributed by atoms with Gasteiger partial charge in [0.05, 0.1) is 23.3 Å². The number of hydrogen-bond acceptors (Lipinski definition) is 4. The van der Waals surface area contributed by atoms with E-state index in [0.29, 0.717) is 24.4 Å². The molecule has 0 atom stereocenters. The first-order chi connectivity index (χ1) is 16.0. The summed E-state index contributed by atoms with van der Waals surface area (Å²) in [6, 6.07) is 4.96. The van der Waals surface area contributed by atoms with E-state index in [2.05, 4.69) is 72.3 Å². The molecule has 1 fully saturated rings. The summed E-state index contributed by atoms with van der Waals surface area (Å²) in [5.74, 6) is 3.54. The van der Waals surface area contributed by atoms with Crippen molar-refractivity contribution >= 4 is 16.7 Å². The maximum Gasteiger partial charge on any atom is 0.158 e. The average molecular weight is 441 g/mol. The number of terminal acetylenes is 1. The zero-order valence-corrected chi connectivity index (χ0v) is 19.9. The molecule has 6 nitrogen and oxygen atoms in total. The van der Waals surface area contributed by atoms with Crippen LogP contribution in [0, 0.1) is 26.2 Å². The van der Waals surface area contributed by atoms with Crippen molar-refractivity contribution in [2.45, 2.75) is 71.3 Å². The molecule has 0 radical (unpaired) electrons. The number of rotatable bonds is 5. The number of hydrogen-bond donors (Lipinski definition) is 2. The Balaban J connectivity index is 1.54. The van der Waals surface area contributed by atoms with Crippen LogP contribution in [0.4, 0.5) is 0 Å². The fourth-order valence-electron chi connectivity index (χ4n) is 5.35. The van der Waals surface area contributed by atoms with E-state index in [4.69, 9.17) is 11.4 Å². The van der Waals surface area contributed by atoms with Gasteiger partial charge in [-0.1, -0.05) is 19.8 Å². The number of aromatic amines is 1. The molecule has 0 unspecified atom stereocenters. The molecule has 170 valence electrons. The molecule has 4 aromatic rings. The highest BCUT2D eigenvalue weighted by Gasteiger charge is 2.25. The van der Waals surface area contributed by atoms with Crippen molar-refractivity contribution in [2.75, 3.05) is 6.54 Å². The van der Waals surface area contributed by atoms with Gasteiger partial charge in [0.25, 0.3) is 0 Å². The highest BCUT2D eigenvalue weighted by molar-refractivity contribution is 5.89. The van der Waals surface area contributed by atoms with E-state index in [1.807, 2.05) is 4.52 Å². The maximum atomic E-state index is 5.41. The molecule has 1 saturated carbocycles. The van der Waals surface area contributed by atoms with Crippen molar-refractivity contribution in [3.63, 3.8) is 0 Å². The van der Waals surface area contributed by atoms with Gasteiger partial charge in [-0.25, -0.2) is 9.50 Å². The molecule has 2 N–H and O–H groups in total. The van der Waals surface area contributed by atoms with E-state index in [1.54, 1.807) is 6.33 Å². The molecule has 1 aliphatic rings. The van der Waals surface area contributed by atoms with Crippen LogP contribution in [0.2, 0.25) is 0 Å². The van der Waals surface area contributed by atoms with Gasteiger partial charge < -0.3 is 10.3 Å². The third-order valence-corrected chi connectivity index (χ3v) is 7.31. The lowest BCUT2D eigenvalue weighted by Crippen LogP contribution is -2.33. The minimum atomic E-state index is 0.339. The molecule has 5 rings (SSSR count). The lowest BCUT2D eigenvalue weighted by atomic mass is 9.83. The zero-order valence-electron chi connectivity index (χ0n) is 19.9. The van der Waals surface area contributed by atoms with Gasteiger partial charge in [0.1, 0.15) is 6.33 Å². The summed E-state index contributed by atoms with van der Waals surface area (Å²) < 4.78 is 1.87. The minimum absolute atomic E-state index is 0.339. The normalized spacial score (nSPS) is 18.9. The lowest BCUT2D eigenvalue weighted by Gasteiger charge is -2.28. The number of aryl methyl sites for hydroxylation is 1. The molecule has 6 heteroatoms. The first kappa shape index (κ1) is 21.7. The van der Waals surface area contributed by atoms with Gasteiger partial charge in [-0.2, -0.15) is 5.10 Å². The Morgan fingerprint density at radius 2 is 1.97 bits per heavy atom. The van der Waals surface area contributed by atoms with Gasteiger partial charge in [0.2, 0.25) is 0 Å². The first-order valence-electron chi connectivity index (χ1n) is 12.0. The van der Waals surface area contributed by atoms with Gasteiger partial charge in [0, 0.05) is 35.0 Å². The molecular weight excluding hydrogens is 408 g/mol. The number of H-pyrrole nitrogens is 1. The van der Waals surface area contributed by atoms with Crippen molar-refractivity contribution in [3.8, 4) is 23.6 Å². The Kier molecular flexibility index (Phi) is 5.67. The summed E-state index contributed by atoms with van der Waals surface area (Å²) in [6.07, 6.45) is 13.7. The standard InChI is InChI=1S/C27H32N6/c1-6-13-28-20-9-7-19(8-10-20)22-11-12-23-26(31-22)24(16(2)3)25(32-23)21-14-33-27(29-15-30-33)18(5)17(21)4/h1,11-12,14-16,19-20,28,32H,7-10,13H2,2-5H3. The third kappa shape index (κ3) is 3.81. The van der Waals surface area contributed by atoms with E-state index >= 15 is 0 Å². The summed E-state index contributed by atoms with van der Waals surface area (Å²) >= 11 is 0. The molecule has 0 saturated heterocycles. The Hall–Kier alpha value is -3.17. The van der Waals surface area contributed by atoms with E-state index in [0.717, 1.165) is 59.2 Å². The molecular formula is C27H32N6. The van der Waals surface area contributed by atoms with E-state index in [-0.39, 0.29) is 0 Å². The maximum absolute atomic E-state index is 5.41. The molecule has 4 heterocycles. The van der Waals surface area contributed by atoms with Gasteiger partial charge >= 0.3 is 0 Å². The molecule has 0 spiro atoms. The summed E-state index contributed by atoms with van der Waals surface area (Å²) in [5.41, 5.74) is 10.3. The average Bonchev–Trinajstić information content (AvgIpc) is 3.44. The van der Waals surface area contributed by atoms with E-state index < -0.39 is 0 Å². The SMILES string of the molecule is C#CCNC1CCC(c2ccc3[nH]c(-c4cn5ncnc5c(C)c4C)c(C(C)C)c3n2)CC1. The minimum Gasteiger partial charge on any atom is -0.353 e. The van der Waals surface area contributed by atoms with Crippen LogP contribution >= 0.6 is 0 Å². The van der Waals surface area contributed by atoms with Gasteiger partial charge in [-0.15, -0.1) is 6.42 Å². The monoisotopic (exact) mass is 440 g/mol. The van der Waals surface area contributed by atoms with Crippen LogP contribution in [0.3, 0.4) is 0 Å². The second kappa shape index (κ2) is 8.64.